The molecule has 0 fully saturated rings. The first kappa shape index (κ1) is 15.8. The number of ether oxygens (including phenoxy) is 1. The largest absolute Gasteiger partial charge is 0.398 e. The molecule has 0 aliphatic carbocycles. The van der Waals surface area contributed by atoms with Gasteiger partial charge in [0.25, 0.3) is 5.91 Å². The van der Waals surface area contributed by atoms with Gasteiger partial charge in [-0.2, -0.15) is 0 Å². The number of rotatable bonds is 6. The van der Waals surface area contributed by atoms with Gasteiger partial charge in [-0.1, -0.05) is 17.7 Å². The van der Waals surface area contributed by atoms with Crippen LogP contribution in [0, 0.1) is 0 Å². The lowest BCUT2D eigenvalue weighted by atomic mass is 10.1. The van der Waals surface area contributed by atoms with E-state index >= 15 is 0 Å². The Kier molecular flexibility index (Phi) is 5.61. The number of hydrogen-bond acceptors (Lipinski definition) is 4. The second-order valence-electron chi connectivity index (χ2n) is 4.53. The normalized spacial score (nSPS) is 10.6. The van der Waals surface area contributed by atoms with Crippen molar-refractivity contribution in [1.29, 1.82) is 0 Å². The fourth-order valence-corrected chi connectivity index (χ4v) is 2.84. The molecule has 0 radical (unpaired) electrons. The van der Waals surface area contributed by atoms with Gasteiger partial charge in [0, 0.05) is 29.2 Å². The topological polar surface area (TPSA) is 55.6 Å². The van der Waals surface area contributed by atoms with Crippen molar-refractivity contribution >= 4 is 34.5 Å². The lowest BCUT2D eigenvalue weighted by Crippen LogP contribution is -2.33. The number of carbonyl (C=O) groups excluding carboxylic acids is 1. The highest BCUT2D eigenvalue weighted by atomic mass is 35.5. The van der Waals surface area contributed by atoms with Crippen molar-refractivity contribution in [1.82, 2.24) is 4.90 Å². The molecule has 1 aromatic carbocycles. The van der Waals surface area contributed by atoms with Crippen LogP contribution >= 0.6 is 22.9 Å². The minimum absolute atomic E-state index is 0.116. The van der Waals surface area contributed by atoms with E-state index in [0.717, 1.165) is 4.88 Å². The summed E-state index contributed by atoms with van der Waals surface area (Å²) in [4.78, 5) is 15.5. The molecule has 0 spiro atoms. The van der Waals surface area contributed by atoms with E-state index in [1.807, 2.05) is 17.5 Å². The molecule has 2 rings (SSSR count). The number of nitrogen functional groups attached to an aromatic ring is 1. The average molecular weight is 325 g/mol. The number of anilines is 1. The first-order chi connectivity index (χ1) is 10.1. The maximum absolute atomic E-state index is 12.7. The van der Waals surface area contributed by atoms with Crippen LogP contribution in [0.5, 0.6) is 0 Å². The molecule has 0 aliphatic heterocycles. The van der Waals surface area contributed by atoms with Crippen molar-refractivity contribution < 1.29 is 9.53 Å². The molecular formula is C15H17ClN2O2S. The lowest BCUT2D eigenvalue weighted by molar-refractivity contribution is 0.0683. The number of thiophene rings is 1. The summed E-state index contributed by atoms with van der Waals surface area (Å²) in [5.41, 5.74) is 6.76. The summed E-state index contributed by atoms with van der Waals surface area (Å²) in [6, 6.07) is 8.89. The van der Waals surface area contributed by atoms with Gasteiger partial charge in [0.05, 0.1) is 18.7 Å². The van der Waals surface area contributed by atoms with E-state index in [4.69, 9.17) is 22.1 Å². The van der Waals surface area contributed by atoms with Gasteiger partial charge in [0.15, 0.2) is 0 Å². The highest BCUT2D eigenvalue weighted by Gasteiger charge is 2.18. The zero-order chi connectivity index (χ0) is 15.2. The number of carbonyl (C=O) groups is 1. The van der Waals surface area contributed by atoms with Crippen molar-refractivity contribution in [2.75, 3.05) is 26.0 Å². The molecule has 0 saturated carbocycles. The van der Waals surface area contributed by atoms with E-state index in [0.29, 0.717) is 36.0 Å². The third-order valence-corrected chi connectivity index (χ3v) is 4.12. The van der Waals surface area contributed by atoms with Crippen molar-refractivity contribution in [3.8, 4) is 0 Å². The van der Waals surface area contributed by atoms with Gasteiger partial charge in [-0.15, -0.1) is 11.3 Å². The van der Waals surface area contributed by atoms with E-state index in [1.165, 1.54) is 0 Å². The Morgan fingerprint density at radius 3 is 2.86 bits per heavy atom. The van der Waals surface area contributed by atoms with Crippen LogP contribution in [-0.4, -0.2) is 31.1 Å². The standard InChI is InChI=1S/C15H17ClN2O2S/c1-20-7-6-18(10-12-3-2-8-21-12)15(19)13-5-4-11(16)9-14(13)17/h2-5,8-9H,6-7,10,17H2,1H3. The lowest BCUT2D eigenvalue weighted by Gasteiger charge is -2.22. The predicted molar refractivity (Wildman–Crippen MR) is 86.8 cm³/mol. The summed E-state index contributed by atoms with van der Waals surface area (Å²) in [6.45, 7) is 1.53. The second-order valence-corrected chi connectivity index (χ2v) is 6.00. The molecule has 2 N–H and O–H groups in total. The van der Waals surface area contributed by atoms with Crippen LogP contribution in [0.15, 0.2) is 35.7 Å². The first-order valence-electron chi connectivity index (χ1n) is 6.47. The smallest absolute Gasteiger partial charge is 0.256 e. The molecule has 0 bridgehead atoms. The summed E-state index contributed by atoms with van der Waals surface area (Å²) < 4.78 is 5.08. The van der Waals surface area contributed by atoms with Crippen LogP contribution in [-0.2, 0) is 11.3 Å². The third kappa shape index (κ3) is 4.20. The molecule has 0 aliphatic rings. The minimum Gasteiger partial charge on any atom is -0.398 e. The molecule has 1 heterocycles. The maximum atomic E-state index is 12.7. The SMILES string of the molecule is COCCN(Cc1cccs1)C(=O)c1ccc(Cl)cc1N. The maximum Gasteiger partial charge on any atom is 0.256 e. The summed E-state index contributed by atoms with van der Waals surface area (Å²) in [5, 5.41) is 2.51. The van der Waals surface area contributed by atoms with Crippen molar-refractivity contribution in [2.45, 2.75) is 6.54 Å². The van der Waals surface area contributed by atoms with Crippen molar-refractivity contribution in [2.24, 2.45) is 0 Å². The number of nitrogens with zero attached hydrogens (tertiary/aromatic N) is 1. The number of amides is 1. The fourth-order valence-electron chi connectivity index (χ4n) is 1.94. The molecular weight excluding hydrogens is 308 g/mol. The molecule has 1 amide bonds. The van der Waals surface area contributed by atoms with Crippen LogP contribution in [0.2, 0.25) is 5.02 Å². The molecule has 4 nitrogen and oxygen atoms in total. The quantitative estimate of drug-likeness (QED) is 0.830. The van der Waals surface area contributed by atoms with Gasteiger partial charge in [0.2, 0.25) is 0 Å². The monoisotopic (exact) mass is 324 g/mol. The number of nitrogens with two attached hydrogens (primary N) is 1. The number of benzene rings is 1. The van der Waals surface area contributed by atoms with Crippen molar-refractivity contribution in [3.63, 3.8) is 0 Å². The first-order valence-corrected chi connectivity index (χ1v) is 7.73. The average Bonchev–Trinajstić information content (AvgIpc) is 2.95. The Labute approximate surface area is 133 Å². The minimum atomic E-state index is -0.116. The van der Waals surface area contributed by atoms with Gasteiger partial charge in [0.1, 0.15) is 0 Å². The van der Waals surface area contributed by atoms with Crippen LogP contribution in [0.3, 0.4) is 0 Å². The highest BCUT2D eigenvalue weighted by molar-refractivity contribution is 7.09. The van der Waals surface area contributed by atoms with Crippen LogP contribution in [0.4, 0.5) is 5.69 Å². The number of hydrogen-bond donors (Lipinski definition) is 1. The zero-order valence-corrected chi connectivity index (χ0v) is 13.3. The number of halogens is 1. The molecule has 0 saturated heterocycles. The second kappa shape index (κ2) is 7.45. The van der Waals surface area contributed by atoms with Gasteiger partial charge < -0.3 is 15.4 Å². The van der Waals surface area contributed by atoms with E-state index in [1.54, 1.807) is 41.5 Å². The van der Waals surface area contributed by atoms with Crippen LogP contribution in [0.25, 0.3) is 0 Å². The highest BCUT2D eigenvalue weighted by Crippen LogP contribution is 2.21. The summed E-state index contributed by atoms with van der Waals surface area (Å²) in [6.07, 6.45) is 0. The van der Waals surface area contributed by atoms with Gasteiger partial charge >= 0.3 is 0 Å². The zero-order valence-electron chi connectivity index (χ0n) is 11.7. The van der Waals surface area contributed by atoms with E-state index < -0.39 is 0 Å². The predicted octanol–water partition coefficient (Wildman–Crippen LogP) is 3.27. The summed E-state index contributed by atoms with van der Waals surface area (Å²) in [5.74, 6) is -0.116. The summed E-state index contributed by atoms with van der Waals surface area (Å²) in [7, 11) is 1.62. The molecule has 1 aromatic heterocycles. The van der Waals surface area contributed by atoms with Gasteiger partial charge in [-0.05, 0) is 29.6 Å². The Morgan fingerprint density at radius 1 is 1.43 bits per heavy atom. The Balaban J connectivity index is 2.20. The van der Waals surface area contributed by atoms with Crippen LogP contribution < -0.4 is 5.73 Å². The van der Waals surface area contributed by atoms with E-state index in [-0.39, 0.29) is 5.91 Å². The van der Waals surface area contributed by atoms with Gasteiger partial charge in [-0.3, -0.25) is 4.79 Å². The Morgan fingerprint density at radius 2 is 2.24 bits per heavy atom. The molecule has 112 valence electrons. The van der Waals surface area contributed by atoms with E-state index in [9.17, 15) is 4.79 Å². The van der Waals surface area contributed by atoms with E-state index in [2.05, 4.69) is 0 Å². The Bertz CT molecular complexity index is 602. The fraction of sp³-hybridized carbons (Fsp3) is 0.267. The summed E-state index contributed by atoms with van der Waals surface area (Å²) >= 11 is 7.49. The molecule has 0 unspecified atom stereocenters. The number of methoxy groups -OCH3 is 1. The molecule has 6 heteroatoms. The molecule has 21 heavy (non-hydrogen) atoms. The Hall–Kier alpha value is -1.56. The molecule has 0 atom stereocenters. The third-order valence-electron chi connectivity index (χ3n) is 3.02. The van der Waals surface area contributed by atoms with Gasteiger partial charge in [-0.25, -0.2) is 0 Å². The molecule has 2 aromatic rings. The van der Waals surface area contributed by atoms with Crippen LogP contribution in [0.1, 0.15) is 15.2 Å². The van der Waals surface area contributed by atoms with Crippen molar-refractivity contribution in [3.05, 3.63) is 51.2 Å².